The number of alkyl halides is 2. The van der Waals surface area contributed by atoms with Crippen LogP contribution < -0.4 is 15.4 Å². The molecule has 1 saturated heterocycles. The van der Waals surface area contributed by atoms with Gasteiger partial charge >= 0.3 is 6.61 Å². The molecule has 2 aliphatic rings. The van der Waals surface area contributed by atoms with Crippen LogP contribution in [0.1, 0.15) is 39.2 Å². The molecule has 5 rings (SSSR count). The van der Waals surface area contributed by atoms with Crippen LogP contribution in [-0.2, 0) is 10.3 Å². The molecule has 4 heterocycles. The van der Waals surface area contributed by atoms with E-state index in [4.69, 9.17) is 9.73 Å². The van der Waals surface area contributed by atoms with E-state index in [2.05, 4.69) is 30.3 Å². The lowest BCUT2D eigenvalue weighted by Crippen LogP contribution is -2.50. The monoisotopic (exact) mass is 560 g/mol. The first-order valence-corrected chi connectivity index (χ1v) is 13.4. The molecule has 0 spiro atoms. The van der Waals surface area contributed by atoms with Crippen molar-refractivity contribution in [3.05, 3.63) is 64.4 Å². The van der Waals surface area contributed by atoms with E-state index in [0.29, 0.717) is 21.5 Å². The Balaban J connectivity index is 1.36. The molecule has 10 nitrogen and oxygen atoms in total. The zero-order valence-corrected chi connectivity index (χ0v) is 21.6. The minimum Gasteiger partial charge on any atom is -0.415 e. The lowest BCUT2D eigenvalue weighted by Gasteiger charge is -2.44. The van der Waals surface area contributed by atoms with E-state index < -0.39 is 23.9 Å². The van der Waals surface area contributed by atoms with Crippen molar-refractivity contribution < 1.29 is 27.8 Å². The van der Waals surface area contributed by atoms with Crippen LogP contribution in [0.25, 0.3) is 0 Å². The number of anilines is 1. The summed E-state index contributed by atoms with van der Waals surface area (Å²) in [6.45, 7) is -0.750. The second-order valence-corrected chi connectivity index (χ2v) is 10.5. The highest BCUT2D eigenvalue weighted by atomic mass is 32.2. The summed E-state index contributed by atoms with van der Waals surface area (Å²) in [5.41, 5.74) is -0.389. The number of carbonyl (C=O) groups excluding carboxylic acids is 2. The van der Waals surface area contributed by atoms with Crippen LogP contribution in [0.15, 0.2) is 53.1 Å². The molecule has 38 heavy (non-hydrogen) atoms. The van der Waals surface area contributed by atoms with Crippen LogP contribution in [-0.4, -0.2) is 57.0 Å². The van der Waals surface area contributed by atoms with E-state index >= 15 is 0 Å². The van der Waals surface area contributed by atoms with Gasteiger partial charge in [-0.3, -0.25) is 9.59 Å². The van der Waals surface area contributed by atoms with Crippen molar-refractivity contribution in [1.29, 1.82) is 0 Å². The number of thiazole rings is 1. The lowest BCUT2D eigenvalue weighted by atomic mass is 9.80. The van der Waals surface area contributed by atoms with Gasteiger partial charge in [-0.15, -0.1) is 11.3 Å². The van der Waals surface area contributed by atoms with Gasteiger partial charge < -0.3 is 20.1 Å². The van der Waals surface area contributed by atoms with Crippen molar-refractivity contribution in [3.63, 3.8) is 0 Å². The number of hydrogen-bond acceptors (Lipinski definition) is 10. The number of amidine groups is 1. The number of carbonyl (C=O) groups is 2. The van der Waals surface area contributed by atoms with Crippen LogP contribution in [0.3, 0.4) is 0 Å². The Bertz CT molecular complexity index is 1340. The molecule has 0 unspecified atom stereocenters. The van der Waals surface area contributed by atoms with Gasteiger partial charge in [-0.05, 0) is 25.5 Å². The predicted octanol–water partition coefficient (Wildman–Crippen LogP) is 3.94. The van der Waals surface area contributed by atoms with Gasteiger partial charge in [0.1, 0.15) is 22.1 Å². The number of ether oxygens (including phenoxy) is 2. The van der Waals surface area contributed by atoms with Gasteiger partial charge in [0, 0.05) is 22.6 Å². The normalized spacial score (nSPS) is 22.8. The standard InChI is InChI=1S/C24H22F2N6O4S2/c1-13-7-15-10-38-23(31-19(33)14-5-3-2-4-6-14)32-24(15,12-35-13)21-30-17(11-37-21)29-20(34)16-8-28-18(9-27-16)36-22(25)26/h2-6,8-9,11,13,15,22H,7,10,12H2,1H3,(H,29,34)(H,31,32,33)/t13-,15-,24-/m0/s1. The smallest absolute Gasteiger partial charge is 0.388 e. The zero-order valence-electron chi connectivity index (χ0n) is 20.0. The van der Waals surface area contributed by atoms with Crippen LogP contribution in [0.2, 0.25) is 0 Å². The molecule has 2 N–H and O–H groups in total. The Kier molecular flexibility index (Phi) is 7.63. The highest BCUT2D eigenvalue weighted by molar-refractivity contribution is 8.13. The Labute approximate surface area is 224 Å². The van der Waals surface area contributed by atoms with E-state index in [0.717, 1.165) is 18.8 Å². The van der Waals surface area contributed by atoms with E-state index in [-0.39, 0.29) is 36.0 Å². The van der Waals surface area contributed by atoms with Crippen LogP contribution in [0.4, 0.5) is 14.6 Å². The minimum atomic E-state index is -3.04. The average molecular weight is 561 g/mol. The number of aliphatic imine (C=N–C) groups is 1. The van der Waals surface area contributed by atoms with Crippen molar-refractivity contribution in [2.75, 3.05) is 17.7 Å². The molecule has 1 fully saturated rings. The minimum absolute atomic E-state index is 0.0547. The second kappa shape index (κ2) is 11.1. The van der Waals surface area contributed by atoms with Crippen molar-refractivity contribution in [2.24, 2.45) is 10.9 Å². The number of rotatable bonds is 6. The second-order valence-electron chi connectivity index (χ2n) is 8.64. The molecular weight excluding hydrogens is 538 g/mol. The first-order chi connectivity index (χ1) is 18.3. The van der Waals surface area contributed by atoms with Gasteiger partial charge in [-0.1, -0.05) is 30.0 Å². The summed E-state index contributed by atoms with van der Waals surface area (Å²) in [4.78, 5) is 42.4. The molecule has 0 bridgehead atoms. The SMILES string of the molecule is C[C@H]1C[C@H]2CSC(NC(=O)c3ccccc3)=N[C@@]2(c2nc(NC(=O)c3cnc(OC(F)F)cn3)cs2)CO1. The first-order valence-electron chi connectivity index (χ1n) is 11.6. The molecule has 2 aliphatic heterocycles. The lowest BCUT2D eigenvalue weighted by molar-refractivity contribution is -0.0531. The van der Waals surface area contributed by atoms with E-state index in [1.54, 1.807) is 29.6 Å². The largest absolute Gasteiger partial charge is 0.415 e. The van der Waals surface area contributed by atoms with Gasteiger partial charge in [-0.2, -0.15) is 8.78 Å². The third-order valence-corrected chi connectivity index (χ3v) is 8.09. The topological polar surface area (TPSA) is 128 Å². The third kappa shape index (κ3) is 5.66. The molecule has 198 valence electrons. The van der Waals surface area contributed by atoms with Crippen LogP contribution >= 0.6 is 23.1 Å². The summed E-state index contributed by atoms with van der Waals surface area (Å²) in [5, 5.41) is 8.36. The molecular formula is C24H22F2N6O4S2. The van der Waals surface area contributed by atoms with Crippen LogP contribution in [0, 0.1) is 5.92 Å². The van der Waals surface area contributed by atoms with Crippen molar-refractivity contribution in [2.45, 2.75) is 31.6 Å². The fourth-order valence-electron chi connectivity index (χ4n) is 4.18. The quantitative estimate of drug-likeness (QED) is 0.464. The number of nitrogens with one attached hydrogen (secondary N) is 2. The number of halogens is 2. The van der Waals surface area contributed by atoms with Gasteiger partial charge in [0.2, 0.25) is 5.88 Å². The molecule has 14 heteroatoms. The maximum absolute atomic E-state index is 12.7. The van der Waals surface area contributed by atoms with E-state index in [1.807, 2.05) is 13.0 Å². The highest BCUT2D eigenvalue weighted by Crippen LogP contribution is 2.47. The summed E-state index contributed by atoms with van der Waals surface area (Å²) >= 11 is 2.81. The number of thioether (sulfide) groups is 1. The molecule has 0 radical (unpaired) electrons. The maximum atomic E-state index is 12.7. The fourth-order valence-corrected chi connectivity index (χ4v) is 6.30. The Morgan fingerprint density at radius 3 is 2.71 bits per heavy atom. The number of benzene rings is 1. The summed E-state index contributed by atoms with van der Waals surface area (Å²) in [7, 11) is 0. The predicted molar refractivity (Wildman–Crippen MR) is 138 cm³/mol. The maximum Gasteiger partial charge on any atom is 0.388 e. The molecule has 1 aromatic carbocycles. The highest BCUT2D eigenvalue weighted by Gasteiger charge is 2.49. The van der Waals surface area contributed by atoms with Crippen molar-refractivity contribution in [3.8, 4) is 5.88 Å². The van der Waals surface area contributed by atoms with Gasteiger partial charge in [0.25, 0.3) is 11.8 Å². The Morgan fingerprint density at radius 1 is 1.16 bits per heavy atom. The molecule has 2 amide bonds. The summed E-state index contributed by atoms with van der Waals surface area (Å²) in [5.74, 6) is -0.165. The Morgan fingerprint density at radius 2 is 1.97 bits per heavy atom. The Hall–Kier alpha value is -3.49. The summed E-state index contributed by atoms with van der Waals surface area (Å²) in [6, 6.07) is 8.88. The number of aromatic nitrogens is 3. The number of nitrogens with zero attached hydrogens (tertiary/aromatic N) is 4. The van der Waals surface area contributed by atoms with Crippen LogP contribution in [0.5, 0.6) is 5.88 Å². The molecule has 0 aliphatic carbocycles. The molecule has 2 aromatic heterocycles. The summed E-state index contributed by atoms with van der Waals surface area (Å²) in [6.07, 6.45) is 2.80. The van der Waals surface area contributed by atoms with E-state index in [1.165, 1.54) is 23.1 Å². The summed E-state index contributed by atoms with van der Waals surface area (Å²) < 4.78 is 34.8. The first kappa shape index (κ1) is 26.1. The third-order valence-electron chi connectivity index (χ3n) is 6.05. The number of amides is 2. The number of fused-ring (bicyclic) bond motifs is 1. The zero-order chi connectivity index (χ0) is 26.7. The average Bonchev–Trinajstić information content (AvgIpc) is 3.38. The van der Waals surface area contributed by atoms with Crippen molar-refractivity contribution >= 4 is 45.9 Å². The van der Waals surface area contributed by atoms with Crippen molar-refractivity contribution in [1.82, 2.24) is 20.3 Å². The van der Waals surface area contributed by atoms with E-state index in [9.17, 15) is 18.4 Å². The molecule has 0 saturated carbocycles. The molecule has 3 atom stereocenters. The fraction of sp³-hybridized carbons (Fsp3) is 0.333. The molecule has 3 aromatic rings. The van der Waals surface area contributed by atoms with Gasteiger partial charge in [-0.25, -0.2) is 19.9 Å². The number of hydrogen-bond donors (Lipinski definition) is 2. The van der Waals surface area contributed by atoms with Gasteiger partial charge in [0.15, 0.2) is 5.17 Å². The van der Waals surface area contributed by atoms with Gasteiger partial charge in [0.05, 0.1) is 25.1 Å².